The summed E-state index contributed by atoms with van der Waals surface area (Å²) in [6.45, 7) is 7.09. The summed E-state index contributed by atoms with van der Waals surface area (Å²) < 4.78 is 5.31. The van der Waals surface area contributed by atoms with Crippen LogP contribution in [0.25, 0.3) is 0 Å². The van der Waals surface area contributed by atoms with E-state index in [2.05, 4.69) is 4.99 Å². The van der Waals surface area contributed by atoms with Crippen molar-refractivity contribution < 1.29 is 19.4 Å². The average molecular weight is 315 g/mol. The van der Waals surface area contributed by atoms with Gasteiger partial charge in [0.25, 0.3) is 0 Å². The topological polar surface area (TPSA) is 76.0 Å². The summed E-state index contributed by atoms with van der Waals surface area (Å²) >= 11 is 0. The summed E-state index contributed by atoms with van der Waals surface area (Å²) in [7, 11) is 0. The van der Waals surface area contributed by atoms with Crippen LogP contribution in [0, 0.1) is 11.3 Å². The fourth-order valence-electron chi connectivity index (χ4n) is 2.76. The maximum atomic E-state index is 12.3. The van der Waals surface area contributed by atoms with Crippen molar-refractivity contribution in [3.63, 3.8) is 0 Å². The second-order valence-corrected chi connectivity index (χ2v) is 5.99. The molecule has 0 fully saturated rings. The minimum atomic E-state index is -0.916. The standard InChI is InChI=1S/C18H21NO4/c1-11-15(17(22)23-10-14-8-6-5-7-9-14)19-13(3)18(11,4)12(2)16(20)21/h5-9,12H,10H2,1-4H3,(H,20,21). The Balaban J connectivity index is 2.20. The predicted molar refractivity (Wildman–Crippen MR) is 87.0 cm³/mol. The van der Waals surface area contributed by atoms with Crippen molar-refractivity contribution in [2.24, 2.45) is 16.3 Å². The van der Waals surface area contributed by atoms with Gasteiger partial charge < -0.3 is 9.84 Å². The first-order valence-corrected chi connectivity index (χ1v) is 7.49. The van der Waals surface area contributed by atoms with Gasteiger partial charge in [-0.3, -0.25) is 4.79 Å². The van der Waals surface area contributed by atoms with Gasteiger partial charge in [-0.05, 0) is 31.9 Å². The van der Waals surface area contributed by atoms with Gasteiger partial charge in [0, 0.05) is 11.1 Å². The smallest absolute Gasteiger partial charge is 0.357 e. The minimum absolute atomic E-state index is 0.163. The van der Waals surface area contributed by atoms with Crippen molar-refractivity contribution >= 4 is 17.7 Å². The van der Waals surface area contributed by atoms with Gasteiger partial charge in [-0.1, -0.05) is 37.3 Å². The molecule has 0 saturated carbocycles. The molecule has 122 valence electrons. The molecule has 5 nitrogen and oxygen atoms in total. The summed E-state index contributed by atoms with van der Waals surface area (Å²) in [6, 6.07) is 9.37. The van der Waals surface area contributed by atoms with E-state index in [-0.39, 0.29) is 12.3 Å². The SMILES string of the molecule is CC1=NC(C(=O)OCc2ccccc2)=C(C)C1(C)C(C)C(=O)O. The van der Waals surface area contributed by atoms with Crippen LogP contribution in [-0.2, 0) is 20.9 Å². The van der Waals surface area contributed by atoms with E-state index < -0.39 is 23.3 Å². The van der Waals surface area contributed by atoms with E-state index in [1.807, 2.05) is 30.3 Å². The number of carbonyl (C=O) groups excluding carboxylic acids is 1. The summed E-state index contributed by atoms with van der Waals surface area (Å²) in [6.07, 6.45) is 0. The Kier molecular flexibility index (Phi) is 4.68. The first-order chi connectivity index (χ1) is 10.8. The Morgan fingerprint density at radius 1 is 1.26 bits per heavy atom. The van der Waals surface area contributed by atoms with E-state index in [0.29, 0.717) is 11.3 Å². The average Bonchev–Trinajstić information content (AvgIpc) is 2.78. The van der Waals surface area contributed by atoms with Crippen LogP contribution in [0.2, 0.25) is 0 Å². The zero-order chi connectivity index (χ0) is 17.2. The third-order valence-corrected chi connectivity index (χ3v) is 4.81. The highest BCUT2D eigenvalue weighted by Gasteiger charge is 2.46. The molecule has 0 aromatic heterocycles. The molecule has 1 N–H and O–H groups in total. The largest absolute Gasteiger partial charge is 0.481 e. The molecule has 0 aliphatic carbocycles. The molecule has 1 aromatic rings. The van der Waals surface area contributed by atoms with Gasteiger partial charge in [0.2, 0.25) is 0 Å². The highest BCUT2D eigenvalue weighted by atomic mass is 16.5. The number of aliphatic imine (C=N–C) groups is 1. The number of aliphatic carboxylic acids is 1. The molecule has 1 heterocycles. The molecular formula is C18H21NO4. The molecule has 1 aliphatic heterocycles. The van der Waals surface area contributed by atoms with E-state index in [1.54, 1.807) is 27.7 Å². The number of hydrogen-bond donors (Lipinski definition) is 1. The molecule has 0 bridgehead atoms. The summed E-state index contributed by atoms with van der Waals surface area (Å²) in [5.74, 6) is -2.11. The molecule has 0 amide bonds. The number of nitrogens with zero attached hydrogens (tertiary/aromatic N) is 1. The lowest BCUT2D eigenvalue weighted by atomic mass is 9.70. The third-order valence-electron chi connectivity index (χ3n) is 4.81. The molecule has 1 aromatic carbocycles. The maximum Gasteiger partial charge on any atom is 0.357 e. The first kappa shape index (κ1) is 16.9. The minimum Gasteiger partial charge on any atom is -0.481 e. The van der Waals surface area contributed by atoms with E-state index in [4.69, 9.17) is 4.74 Å². The molecule has 0 spiro atoms. The Labute approximate surface area is 135 Å². The fraction of sp³-hybridized carbons (Fsp3) is 0.389. The lowest BCUT2D eigenvalue weighted by Crippen LogP contribution is -2.36. The van der Waals surface area contributed by atoms with Crippen LogP contribution in [0.3, 0.4) is 0 Å². The highest BCUT2D eigenvalue weighted by Crippen LogP contribution is 2.43. The van der Waals surface area contributed by atoms with Gasteiger partial charge in [-0.15, -0.1) is 0 Å². The first-order valence-electron chi connectivity index (χ1n) is 7.49. The fourth-order valence-corrected chi connectivity index (χ4v) is 2.76. The maximum absolute atomic E-state index is 12.3. The van der Waals surface area contributed by atoms with Crippen molar-refractivity contribution in [2.75, 3.05) is 0 Å². The lowest BCUT2D eigenvalue weighted by molar-refractivity contribution is -0.143. The molecule has 1 aliphatic rings. The van der Waals surface area contributed by atoms with Crippen LogP contribution < -0.4 is 0 Å². The normalized spacial score (nSPS) is 21.8. The van der Waals surface area contributed by atoms with Gasteiger partial charge in [0.1, 0.15) is 12.3 Å². The van der Waals surface area contributed by atoms with Gasteiger partial charge >= 0.3 is 11.9 Å². The van der Waals surface area contributed by atoms with Crippen LogP contribution in [-0.4, -0.2) is 22.8 Å². The Bertz CT molecular complexity index is 690. The van der Waals surface area contributed by atoms with Crippen LogP contribution in [0.1, 0.15) is 33.3 Å². The molecule has 0 radical (unpaired) electrons. The van der Waals surface area contributed by atoms with E-state index in [1.165, 1.54) is 0 Å². The number of rotatable bonds is 5. The number of carboxylic acid groups (broad SMARTS) is 1. The number of hydrogen-bond acceptors (Lipinski definition) is 4. The molecule has 5 heteroatoms. The van der Waals surface area contributed by atoms with E-state index >= 15 is 0 Å². The van der Waals surface area contributed by atoms with Crippen LogP contribution in [0.4, 0.5) is 0 Å². The van der Waals surface area contributed by atoms with Crippen molar-refractivity contribution in [3.05, 3.63) is 47.2 Å². The second kappa shape index (κ2) is 6.36. The number of ether oxygens (including phenoxy) is 1. The summed E-state index contributed by atoms with van der Waals surface area (Å²) in [4.78, 5) is 28.0. The molecule has 2 rings (SSSR count). The number of carboxylic acids is 1. The zero-order valence-electron chi connectivity index (χ0n) is 13.8. The number of allylic oxidation sites excluding steroid dienone is 1. The van der Waals surface area contributed by atoms with Crippen molar-refractivity contribution in [1.82, 2.24) is 0 Å². The summed E-state index contributed by atoms with van der Waals surface area (Å²) in [5.41, 5.74) is 1.60. The molecule has 2 unspecified atom stereocenters. The van der Waals surface area contributed by atoms with Crippen molar-refractivity contribution in [1.29, 1.82) is 0 Å². The Hall–Kier alpha value is -2.43. The monoisotopic (exact) mass is 315 g/mol. The Morgan fingerprint density at radius 2 is 1.87 bits per heavy atom. The number of benzene rings is 1. The predicted octanol–water partition coefficient (Wildman–Crippen LogP) is 3.21. The van der Waals surface area contributed by atoms with Crippen LogP contribution in [0.5, 0.6) is 0 Å². The summed E-state index contributed by atoms with van der Waals surface area (Å²) in [5, 5.41) is 9.33. The van der Waals surface area contributed by atoms with Crippen molar-refractivity contribution in [3.8, 4) is 0 Å². The number of carbonyl (C=O) groups is 2. The molecule has 2 atom stereocenters. The Morgan fingerprint density at radius 3 is 2.43 bits per heavy atom. The van der Waals surface area contributed by atoms with Crippen molar-refractivity contribution in [2.45, 2.75) is 34.3 Å². The molecular weight excluding hydrogens is 294 g/mol. The molecule has 23 heavy (non-hydrogen) atoms. The third kappa shape index (κ3) is 3.04. The van der Waals surface area contributed by atoms with Crippen LogP contribution >= 0.6 is 0 Å². The van der Waals surface area contributed by atoms with Gasteiger partial charge in [-0.25, -0.2) is 9.79 Å². The van der Waals surface area contributed by atoms with Gasteiger partial charge in [-0.2, -0.15) is 0 Å². The lowest BCUT2D eigenvalue weighted by Gasteiger charge is -2.30. The zero-order valence-corrected chi connectivity index (χ0v) is 13.8. The quantitative estimate of drug-likeness (QED) is 0.847. The van der Waals surface area contributed by atoms with Gasteiger partial charge in [0.15, 0.2) is 0 Å². The van der Waals surface area contributed by atoms with Crippen LogP contribution in [0.15, 0.2) is 46.6 Å². The molecule has 0 saturated heterocycles. The highest BCUT2D eigenvalue weighted by molar-refractivity contribution is 6.04. The van der Waals surface area contributed by atoms with E-state index in [9.17, 15) is 14.7 Å². The van der Waals surface area contributed by atoms with E-state index in [0.717, 1.165) is 5.56 Å². The number of esters is 1. The second-order valence-electron chi connectivity index (χ2n) is 5.99. The van der Waals surface area contributed by atoms with Gasteiger partial charge in [0.05, 0.1) is 5.92 Å².